The summed E-state index contributed by atoms with van der Waals surface area (Å²) >= 11 is 0. The Bertz CT molecular complexity index is 418. The van der Waals surface area contributed by atoms with Crippen molar-refractivity contribution in [2.24, 2.45) is 0 Å². The first-order valence-corrected chi connectivity index (χ1v) is 7.28. The predicted molar refractivity (Wildman–Crippen MR) is 82.2 cm³/mol. The lowest BCUT2D eigenvalue weighted by molar-refractivity contribution is 0.0842. The number of hydrogen-bond donors (Lipinski definition) is 1. The van der Waals surface area contributed by atoms with E-state index in [1.807, 2.05) is 37.1 Å². The Hall–Kier alpha value is -1.17. The van der Waals surface area contributed by atoms with Gasteiger partial charge in [0.2, 0.25) is 0 Å². The van der Waals surface area contributed by atoms with Crippen LogP contribution in [0, 0.1) is 6.92 Å². The molecule has 0 aliphatic carbocycles. The van der Waals surface area contributed by atoms with Crippen molar-refractivity contribution in [3.05, 3.63) is 23.9 Å². The highest BCUT2D eigenvalue weighted by atomic mass is 16.3. The van der Waals surface area contributed by atoms with Gasteiger partial charge < -0.3 is 14.9 Å². The minimum absolute atomic E-state index is 0.342. The van der Waals surface area contributed by atoms with Gasteiger partial charge in [0.15, 0.2) is 0 Å². The summed E-state index contributed by atoms with van der Waals surface area (Å²) in [6, 6.07) is 5.97. The second-order valence-electron chi connectivity index (χ2n) is 5.78. The van der Waals surface area contributed by atoms with Gasteiger partial charge in [-0.1, -0.05) is 6.07 Å². The van der Waals surface area contributed by atoms with Gasteiger partial charge in [-0.05, 0) is 26.1 Å². The summed E-state index contributed by atoms with van der Waals surface area (Å²) in [5.74, 6) is 0.919. The molecule has 112 valence electrons. The van der Waals surface area contributed by atoms with Crippen LogP contribution in [0.25, 0.3) is 0 Å². The zero-order chi connectivity index (χ0) is 14.5. The molecule has 0 unspecified atom stereocenters. The lowest BCUT2D eigenvalue weighted by atomic mass is 10.2. The molecule has 0 radical (unpaired) electrons. The molecule has 1 aliphatic heterocycles. The van der Waals surface area contributed by atoms with Crippen molar-refractivity contribution in [3.63, 3.8) is 0 Å². The Balaban J connectivity index is 1.80. The Kier molecular flexibility index (Phi) is 5.34. The van der Waals surface area contributed by atoms with Gasteiger partial charge >= 0.3 is 0 Å². The smallest absolute Gasteiger partial charge is 0.128 e. The standard InChI is InChI=1S/C15H26N4O/c1-13-5-4-6-15(16-13)18(3)11-14(20)12-19-9-7-17(2)8-10-19/h4-6,14,20H,7-12H2,1-3H3/t14-/m0/s1. The number of aryl methyl sites for hydroxylation is 1. The number of pyridine rings is 1. The molecule has 1 aliphatic rings. The Morgan fingerprint density at radius 3 is 2.65 bits per heavy atom. The van der Waals surface area contributed by atoms with E-state index in [0.717, 1.165) is 44.2 Å². The third-order valence-corrected chi connectivity index (χ3v) is 3.81. The quantitative estimate of drug-likeness (QED) is 0.846. The van der Waals surface area contributed by atoms with Crippen LogP contribution in [0.2, 0.25) is 0 Å². The highest BCUT2D eigenvalue weighted by Crippen LogP contribution is 2.10. The zero-order valence-electron chi connectivity index (χ0n) is 12.8. The third kappa shape index (κ3) is 4.44. The summed E-state index contributed by atoms with van der Waals surface area (Å²) in [5.41, 5.74) is 1.00. The number of hydrogen-bond acceptors (Lipinski definition) is 5. The van der Waals surface area contributed by atoms with E-state index < -0.39 is 0 Å². The fourth-order valence-electron chi connectivity index (χ4n) is 2.54. The molecular formula is C15H26N4O. The highest BCUT2D eigenvalue weighted by molar-refractivity contribution is 5.38. The van der Waals surface area contributed by atoms with Crippen LogP contribution in [0.5, 0.6) is 0 Å². The lowest BCUT2D eigenvalue weighted by Gasteiger charge is -2.34. The van der Waals surface area contributed by atoms with E-state index in [9.17, 15) is 5.11 Å². The van der Waals surface area contributed by atoms with E-state index in [1.54, 1.807) is 0 Å². The van der Waals surface area contributed by atoms with Crippen molar-refractivity contribution in [2.45, 2.75) is 13.0 Å². The molecule has 2 heterocycles. The van der Waals surface area contributed by atoms with Crippen molar-refractivity contribution in [1.82, 2.24) is 14.8 Å². The maximum absolute atomic E-state index is 10.2. The van der Waals surface area contributed by atoms with E-state index in [2.05, 4.69) is 21.8 Å². The van der Waals surface area contributed by atoms with Gasteiger partial charge in [-0.2, -0.15) is 0 Å². The number of aliphatic hydroxyl groups excluding tert-OH is 1. The molecule has 5 heteroatoms. The van der Waals surface area contributed by atoms with Crippen LogP contribution in [-0.2, 0) is 0 Å². The minimum atomic E-state index is -0.342. The molecular weight excluding hydrogens is 252 g/mol. The summed E-state index contributed by atoms with van der Waals surface area (Å²) in [4.78, 5) is 11.2. The van der Waals surface area contributed by atoms with Crippen LogP contribution in [0.3, 0.4) is 0 Å². The van der Waals surface area contributed by atoms with Crippen LogP contribution >= 0.6 is 0 Å². The average Bonchev–Trinajstić information content (AvgIpc) is 2.41. The lowest BCUT2D eigenvalue weighted by Crippen LogP contribution is -2.48. The molecule has 1 aromatic rings. The van der Waals surface area contributed by atoms with Crippen molar-refractivity contribution in [2.75, 3.05) is 58.3 Å². The largest absolute Gasteiger partial charge is 0.390 e. The first kappa shape index (κ1) is 15.2. The molecule has 0 aromatic carbocycles. The molecule has 1 atom stereocenters. The monoisotopic (exact) mass is 278 g/mol. The molecule has 1 N–H and O–H groups in total. The minimum Gasteiger partial charge on any atom is -0.390 e. The maximum atomic E-state index is 10.2. The average molecular weight is 278 g/mol. The Labute approximate surface area is 121 Å². The third-order valence-electron chi connectivity index (χ3n) is 3.81. The van der Waals surface area contributed by atoms with E-state index in [0.29, 0.717) is 6.54 Å². The summed E-state index contributed by atoms with van der Waals surface area (Å²) < 4.78 is 0. The van der Waals surface area contributed by atoms with Gasteiger partial charge in [0.05, 0.1) is 6.10 Å². The number of β-amino-alcohol motifs (C(OH)–C–C–N with tert-alkyl or cyclic N) is 1. The molecule has 5 nitrogen and oxygen atoms in total. The number of likely N-dealkylation sites (N-methyl/N-ethyl adjacent to an activating group) is 2. The number of aromatic nitrogens is 1. The Morgan fingerprint density at radius 2 is 2.00 bits per heavy atom. The maximum Gasteiger partial charge on any atom is 0.128 e. The van der Waals surface area contributed by atoms with Crippen molar-refractivity contribution >= 4 is 5.82 Å². The fourth-order valence-corrected chi connectivity index (χ4v) is 2.54. The first-order chi connectivity index (χ1) is 9.54. The first-order valence-electron chi connectivity index (χ1n) is 7.28. The summed E-state index contributed by atoms with van der Waals surface area (Å²) in [5, 5.41) is 10.2. The number of nitrogens with zero attached hydrogens (tertiary/aromatic N) is 4. The predicted octanol–water partition coefficient (Wildman–Crippen LogP) is 0.435. The molecule has 1 fully saturated rings. The second kappa shape index (κ2) is 7.02. The van der Waals surface area contributed by atoms with E-state index >= 15 is 0 Å². The molecule has 0 amide bonds. The molecule has 0 bridgehead atoms. The van der Waals surface area contributed by atoms with Crippen LogP contribution < -0.4 is 4.90 Å². The van der Waals surface area contributed by atoms with E-state index in [-0.39, 0.29) is 6.10 Å². The van der Waals surface area contributed by atoms with Crippen LogP contribution in [0.15, 0.2) is 18.2 Å². The molecule has 0 spiro atoms. The molecule has 2 rings (SSSR count). The van der Waals surface area contributed by atoms with E-state index in [4.69, 9.17) is 0 Å². The van der Waals surface area contributed by atoms with Gasteiger partial charge in [0, 0.05) is 52.0 Å². The van der Waals surface area contributed by atoms with Crippen molar-refractivity contribution in [1.29, 1.82) is 0 Å². The second-order valence-corrected chi connectivity index (χ2v) is 5.78. The van der Waals surface area contributed by atoms with Crippen LogP contribution in [0.1, 0.15) is 5.69 Å². The van der Waals surface area contributed by atoms with Gasteiger partial charge in [0.25, 0.3) is 0 Å². The number of anilines is 1. The van der Waals surface area contributed by atoms with Crippen molar-refractivity contribution < 1.29 is 5.11 Å². The Morgan fingerprint density at radius 1 is 1.30 bits per heavy atom. The topological polar surface area (TPSA) is 42.8 Å². The fraction of sp³-hybridized carbons (Fsp3) is 0.667. The number of rotatable bonds is 5. The zero-order valence-corrected chi connectivity index (χ0v) is 12.8. The van der Waals surface area contributed by atoms with Gasteiger partial charge in [-0.3, -0.25) is 4.90 Å². The normalized spacial score (nSPS) is 19.0. The van der Waals surface area contributed by atoms with Gasteiger partial charge in [-0.15, -0.1) is 0 Å². The number of piperazine rings is 1. The van der Waals surface area contributed by atoms with Crippen LogP contribution in [0.4, 0.5) is 5.82 Å². The van der Waals surface area contributed by atoms with Crippen LogP contribution in [-0.4, -0.2) is 79.4 Å². The molecule has 0 saturated carbocycles. The van der Waals surface area contributed by atoms with Crippen molar-refractivity contribution in [3.8, 4) is 0 Å². The summed E-state index contributed by atoms with van der Waals surface area (Å²) in [6.45, 7) is 7.59. The van der Waals surface area contributed by atoms with Gasteiger partial charge in [-0.25, -0.2) is 4.98 Å². The van der Waals surface area contributed by atoms with E-state index in [1.165, 1.54) is 0 Å². The molecule has 1 saturated heterocycles. The number of aliphatic hydroxyl groups is 1. The van der Waals surface area contributed by atoms with Gasteiger partial charge in [0.1, 0.15) is 5.82 Å². The molecule has 1 aromatic heterocycles. The molecule has 20 heavy (non-hydrogen) atoms. The summed E-state index contributed by atoms with van der Waals surface area (Å²) in [6.07, 6.45) is -0.342. The highest BCUT2D eigenvalue weighted by Gasteiger charge is 2.18. The summed E-state index contributed by atoms with van der Waals surface area (Å²) in [7, 11) is 4.12. The SMILES string of the molecule is Cc1cccc(N(C)C[C@H](O)CN2CCN(C)CC2)n1.